The molecule has 1 saturated heterocycles. The van der Waals surface area contributed by atoms with Crippen molar-refractivity contribution in [2.45, 2.75) is 24.5 Å². The second-order valence-corrected chi connectivity index (χ2v) is 6.37. The molecule has 1 fully saturated rings. The van der Waals surface area contributed by atoms with Gasteiger partial charge in [0.05, 0.1) is 0 Å². The zero-order chi connectivity index (χ0) is 15.3. The smallest absolute Gasteiger partial charge is 0.255 e. The second kappa shape index (κ2) is 4.83. The number of aliphatic hydroxyl groups is 1. The molecule has 3 nitrogen and oxygen atoms in total. The van der Waals surface area contributed by atoms with E-state index in [1.165, 1.54) is 0 Å². The molecular formula is C18H16ClNO2. The minimum absolute atomic E-state index is 0.198. The molecule has 4 heteroatoms. The molecule has 2 atom stereocenters. The summed E-state index contributed by atoms with van der Waals surface area (Å²) in [5, 5.41) is 11.3. The van der Waals surface area contributed by atoms with Crippen LogP contribution in [0.25, 0.3) is 0 Å². The Morgan fingerprint density at radius 3 is 2.73 bits per heavy atom. The van der Waals surface area contributed by atoms with Crippen molar-refractivity contribution >= 4 is 17.5 Å². The molecule has 112 valence electrons. The Balaban J connectivity index is 2.02. The molecule has 2 heterocycles. The number of amides is 1. The molecule has 0 aliphatic carbocycles. The van der Waals surface area contributed by atoms with Gasteiger partial charge in [0.2, 0.25) is 0 Å². The molecule has 0 saturated carbocycles. The fourth-order valence-corrected chi connectivity index (χ4v) is 4.04. The molecule has 0 bridgehead atoms. The summed E-state index contributed by atoms with van der Waals surface area (Å²) in [6, 6.07) is 15.5. The van der Waals surface area contributed by atoms with Crippen LogP contribution in [-0.4, -0.2) is 28.6 Å². The minimum Gasteiger partial charge on any atom is -0.380 e. The van der Waals surface area contributed by atoms with Gasteiger partial charge in [-0.25, -0.2) is 0 Å². The average Bonchev–Trinajstić information content (AvgIpc) is 2.70. The lowest BCUT2D eigenvalue weighted by molar-refractivity contribution is -0.180. The third kappa shape index (κ3) is 1.64. The predicted octanol–water partition coefficient (Wildman–Crippen LogP) is 2.73. The van der Waals surface area contributed by atoms with Gasteiger partial charge < -0.3 is 10.0 Å². The summed E-state index contributed by atoms with van der Waals surface area (Å²) in [6.45, 7) is 0.650. The van der Waals surface area contributed by atoms with E-state index in [1.54, 1.807) is 4.90 Å². The first-order valence-electron chi connectivity index (χ1n) is 7.49. The maximum atomic E-state index is 12.3. The number of hydrogen-bond donors (Lipinski definition) is 1. The number of carbonyl (C=O) groups excluding carboxylic acids is 1. The predicted molar refractivity (Wildman–Crippen MR) is 84.7 cm³/mol. The van der Waals surface area contributed by atoms with Crippen molar-refractivity contribution in [2.24, 2.45) is 0 Å². The Bertz CT molecular complexity index is 746. The Labute approximate surface area is 134 Å². The van der Waals surface area contributed by atoms with Crippen LogP contribution in [0.4, 0.5) is 0 Å². The number of halogens is 1. The zero-order valence-corrected chi connectivity index (χ0v) is 12.8. The van der Waals surface area contributed by atoms with Gasteiger partial charge in [-0.05, 0) is 41.7 Å². The molecule has 1 N–H and O–H groups in total. The number of nitrogens with zero attached hydrogens (tertiary/aromatic N) is 1. The van der Waals surface area contributed by atoms with E-state index in [-0.39, 0.29) is 5.91 Å². The van der Waals surface area contributed by atoms with Crippen molar-refractivity contribution in [1.29, 1.82) is 0 Å². The zero-order valence-electron chi connectivity index (χ0n) is 12.0. The summed E-state index contributed by atoms with van der Waals surface area (Å²) in [5.41, 5.74) is 2.25. The summed E-state index contributed by atoms with van der Waals surface area (Å²) in [4.78, 5) is 14.1. The van der Waals surface area contributed by atoms with Crippen molar-refractivity contribution in [2.75, 3.05) is 6.54 Å². The maximum Gasteiger partial charge on any atom is 0.255 e. The monoisotopic (exact) mass is 313 g/mol. The summed E-state index contributed by atoms with van der Waals surface area (Å²) in [7, 11) is 0. The van der Waals surface area contributed by atoms with E-state index < -0.39 is 11.6 Å². The first-order chi connectivity index (χ1) is 10.7. The molecule has 22 heavy (non-hydrogen) atoms. The molecule has 4 rings (SSSR count). The van der Waals surface area contributed by atoms with Crippen molar-refractivity contribution < 1.29 is 9.90 Å². The normalized spacial score (nSPS) is 26.7. The molecule has 2 aliphatic heterocycles. The highest BCUT2D eigenvalue weighted by Gasteiger charge is 2.62. The van der Waals surface area contributed by atoms with Crippen LogP contribution in [0.5, 0.6) is 0 Å². The van der Waals surface area contributed by atoms with Gasteiger partial charge in [-0.15, -0.1) is 0 Å². The van der Waals surface area contributed by atoms with Crippen molar-refractivity contribution in [3.8, 4) is 0 Å². The van der Waals surface area contributed by atoms with Crippen LogP contribution in [0.15, 0.2) is 48.5 Å². The Morgan fingerprint density at radius 2 is 1.95 bits per heavy atom. The molecule has 0 aromatic heterocycles. The number of benzene rings is 2. The van der Waals surface area contributed by atoms with E-state index in [1.807, 2.05) is 48.5 Å². The molecule has 2 unspecified atom stereocenters. The Morgan fingerprint density at radius 1 is 1.18 bits per heavy atom. The largest absolute Gasteiger partial charge is 0.380 e. The summed E-state index contributed by atoms with van der Waals surface area (Å²) >= 11 is 6.22. The second-order valence-electron chi connectivity index (χ2n) is 5.93. The summed E-state index contributed by atoms with van der Waals surface area (Å²) < 4.78 is 0. The quantitative estimate of drug-likeness (QED) is 0.822. The van der Waals surface area contributed by atoms with Gasteiger partial charge in [-0.1, -0.05) is 48.0 Å². The van der Waals surface area contributed by atoms with Gasteiger partial charge in [-0.3, -0.25) is 4.79 Å². The first-order valence-corrected chi connectivity index (χ1v) is 7.87. The fraction of sp³-hybridized carbons (Fsp3) is 0.278. The van der Waals surface area contributed by atoms with Crippen LogP contribution in [0, 0.1) is 0 Å². The van der Waals surface area contributed by atoms with E-state index in [4.69, 9.17) is 11.6 Å². The van der Waals surface area contributed by atoms with Crippen LogP contribution >= 0.6 is 11.6 Å². The van der Waals surface area contributed by atoms with E-state index >= 15 is 0 Å². The molecule has 2 aromatic carbocycles. The van der Waals surface area contributed by atoms with Crippen molar-refractivity contribution in [3.05, 3.63) is 70.2 Å². The van der Waals surface area contributed by atoms with Gasteiger partial charge in [0.25, 0.3) is 5.91 Å². The van der Waals surface area contributed by atoms with Crippen molar-refractivity contribution in [1.82, 2.24) is 4.90 Å². The van der Waals surface area contributed by atoms with Crippen LogP contribution in [0.1, 0.15) is 23.1 Å². The lowest BCUT2D eigenvalue weighted by Crippen LogP contribution is -2.72. The van der Waals surface area contributed by atoms with E-state index in [9.17, 15) is 9.90 Å². The highest BCUT2D eigenvalue weighted by molar-refractivity contribution is 6.30. The summed E-state index contributed by atoms with van der Waals surface area (Å²) in [5.74, 6) is -0.198. The third-order valence-corrected chi connectivity index (χ3v) is 5.08. The SMILES string of the molecule is O=C1C(O)C2(c3ccccc3)c3cc(Cl)ccc3CCCN12. The van der Waals surface area contributed by atoms with Crippen LogP contribution in [-0.2, 0) is 16.8 Å². The van der Waals surface area contributed by atoms with Gasteiger partial charge >= 0.3 is 0 Å². The molecule has 2 aromatic rings. The maximum absolute atomic E-state index is 12.3. The number of rotatable bonds is 1. The first kappa shape index (κ1) is 13.8. The molecule has 0 spiro atoms. The van der Waals surface area contributed by atoms with E-state index in [2.05, 4.69) is 0 Å². The average molecular weight is 314 g/mol. The lowest BCUT2D eigenvalue weighted by Gasteiger charge is -2.55. The van der Waals surface area contributed by atoms with Crippen LogP contribution in [0.3, 0.4) is 0 Å². The van der Waals surface area contributed by atoms with Gasteiger partial charge in [-0.2, -0.15) is 0 Å². The number of hydrogen-bond acceptors (Lipinski definition) is 2. The third-order valence-electron chi connectivity index (χ3n) is 4.85. The van der Waals surface area contributed by atoms with Crippen molar-refractivity contribution in [3.63, 3.8) is 0 Å². The van der Waals surface area contributed by atoms with Crippen LogP contribution < -0.4 is 0 Å². The molecule has 2 aliphatic rings. The Hall–Kier alpha value is -1.84. The number of aliphatic hydroxyl groups excluding tert-OH is 1. The number of fused-ring (bicyclic) bond motifs is 3. The highest BCUT2D eigenvalue weighted by atomic mass is 35.5. The number of aryl methyl sites for hydroxylation is 1. The molecule has 1 amide bonds. The minimum atomic E-state index is -1.05. The lowest BCUT2D eigenvalue weighted by atomic mass is 9.69. The topological polar surface area (TPSA) is 40.5 Å². The fourth-order valence-electron chi connectivity index (χ4n) is 3.87. The Kier molecular flexibility index (Phi) is 3.03. The van der Waals surface area contributed by atoms with Gasteiger partial charge in [0.15, 0.2) is 6.10 Å². The molecule has 0 radical (unpaired) electrons. The van der Waals surface area contributed by atoms with Crippen LogP contribution in [0.2, 0.25) is 5.02 Å². The number of carbonyl (C=O) groups is 1. The van der Waals surface area contributed by atoms with E-state index in [0.717, 1.165) is 29.5 Å². The molecular weight excluding hydrogens is 298 g/mol. The van der Waals surface area contributed by atoms with Gasteiger partial charge in [0.1, 0.15) is 5.54 Å². The summed E-state index contributed by atoms with van der Waals surface area (Å²) in [6.07, 6.45) is 0.726. The number of β-lactam (4-membered cyclic amide) rings is 1. The van der Waals surface area contributed by atoms with Gasteiger partial charge in [0, 0.05) is 11.6 Å². The standard InChI is InChI=1S/C18H16ClNO2/c19-14-9-8-12-5-4-10-20-17(22)16(21)18(20,15(12)11-14)13-6-2-1-3-7-13/h1-3,6-9,11,16,21H,4-5,10H2. The highest BCUT2D eigenvalue weighted by Crippen LogP contribution is 2.50. The van der Waals surface area contributed by atoms with E-state index in [0.29, 0.717) is 11.6 Å².